The normalized spacial score (nSPS) is 10.8. The summed E-state index contributed by atoms with van der Waals surface area (Å²) >= 11 is 6.36. The van der Waals surface area contributed by atoms with E-state index in [0.29, 0.717) is 5.02 Å². The second-order valence-corrected chi connectivity index (χ2v) is 5.15. The molecule has 3 aromatic rings. The van der Waals surface area contributed by atoms with Crippen molar-refractivity contribution in [2.24, 2.45) is 0 Å². The molecule has 0 aliphatic heterocycles. The lowest BCUT2D eigenvalue weighted by molar-refractivity contribution is 0.415. The van der Waals surface area contributed by atoms with Crippen LogP contribution in [0.25, 0.3) is 22.2 Å². The molecule has 0 spiro atoms. The molecule has 0 aliphatic carbocycles. The van der Waals surface area contributed by atoms with E-state index in [4.69, 9.17) is 16.3 Å². The molecule has 0 amide bonds. The monoisotopic (exact) mass is 283 g/mol. The molecule has 2 aromatic carbocycles. The molecular formula is C17H14ClNO. The summed E-state index contributed by atoms with van der Waals surface area (Å²) in [6.07, 6.45) is 0. The average Bonchev–Trinajstić information content (AvgIpc) is 2.47. The van der Waals surface area contributed by atoms with Gasteiger partial charge < -0.3 is 4.74 Å². The van der Waals surface area contributed by atoms with Crippen molar-refractivity contribution >= 4 is 22.5 Å². The summed E-state index contributed by atoms with van der Waals surface area (Å²) in [4.78, 5) is 4.68. The van der Waals surface area contributed by atoms with Gasteiger partial charge in [0.15, 0.2) is 0 Å². The van der Waals surface area contributed by atoms with E-state index < -0.39 is 0 Å². The van der Waals surface area contributed by atoms with Gasteiger partial charge in [0.05, 0.1) is 23.3 Å². The molecule has 0 saturated carbocycles. The highest BCUT2D eigenvalue weighted by Gasteiger charge is 2.07. The van der Waals surface area contributed by atoms with Crippen LogP contribution in [0.15, 0.2) is 48.5 Å². The van der Waals surface area contributed by atoms with Crippen molar-refractivity contribution in [1.29, 1.82) is 0 Å². The van der Waals surface area contributed by atoms with E-state index in [0.717, 1.165) is 27.9 Å². The lowest BCUT2D eigenvalue weighted by Crippen LogP contribution is -1.89. The largest absolute Gasteiger partial charge is 0.497 e. The topological polar surface area (TPSA) is 22.1 Å². The number of hydrogen-bond donors (Lipinski definition) is 0. The van der Waals surface area contributed by atoms with Crippen LogP contribution in [0.1, 0.15) is 5.56 Å². The number of hydrogen-bond acceptors (Lipinski definition) is 2. The first kappa shape index (κ1) is 12.9. The molecule has 0 aliphatic rings. The van der Waals surface area contributed by atoms with Crippen LogP contribution in [0.2, 0.25) is 5.02 Å². The first-order valence-electron chi connectivity index (χ1n) is 6.39. The fourth-order valence-corrected chi connectivity index (χ4v) is 2.43. The van der Waals surface area contributed by atoms with E-state index in [2.05, 4.69) is 36.2 Å². The smallest absolute Gasteiger partial charge is 0.121 e. The van der Waals surface area contributed by atoms with E-state index in [1.54, 1.807) is 7.11 Å². The highest BCUT2D eigenvalue weighted by molar-refractivity contribution is 6.35. The van der Waals surface area contributed by atoms with Gasteiger partial charge in [0.2, 0.25) is 0 Å². The standard InChI is InChI=1S/C17H14ClNO/c1-11-3-5-12(6-4-11)16-10-15(18)14-8-7-13(20-2)9-17(14)19-16/h3-10H,1-2H3. The Hall–Kier alpha value is -2.06. The maximum atomic E-state index is 6.36. The van der Waals surface area contributed by atoms with Crippen molar-refractivity contribution in [2.45, 2.75) is 6.92 Å². The first-order chi connectivity index (χ1) is 9.67. The van der Waals surface area contributed by atoms with Crippen molar-refractivity contribution in [2.75, 3.05) is 7.11 Å². The van der Waals surface area contributed by atoms with Gasteiger partial charge in [-0.25, -0.2) is 4.98 Å². The number of methoxy groups -OCH3 is 1. The molecule has 0 N–H and O–H groups in total. The van der Waals surface area contributed by atoms with E-state index in [1.165, 1.54) is 5.56 Å². The average molecular weight is 284 g/mol. The molecule has 3 rings (SSSR count). The fourth-order valence-electron chi connectivity index (χ4n) is 2.16. The van der Waals surface area contributed by atoms with Crippen molar-refractivity contribution in [3.05, 3.63) is 59.1 Å². The highest BCUT2D eigenvalue weighted by Crippen LogP contribution is 2.30. The minimum Gasteiger partial charge on any atom is -0.497 e. The van der Waals surface area contributed by atoms with Crippen LogP contribution >= 0.6 is 11.6 Å². The molecule has 0 bridgehead atoms. The number of pyridine rings is 1. The SMILES string of the molecule is COc1ccc2c(Cl)cc(-c3ccc(C)cc3)nc2c1. The Bertz CT molecular complexity index is 766. The Morgan fingerprint density at radius 3 is 2.45 bits per heavy atom. The highest BCUT2D eigenvalue weighted by atomic mass is 35.5. The van der Waals surface area contributed by atoms with Crippen molar-refractivity contribution in [3.63, 3.8) is 0 Å². The van der Waals surface area contributed by atoms with Gasteiger partial charge in [-0.1, -0.05) is 41.4 Å². The summed E-state index contributed by atoms with van der Waals surface area (Å²) < 4.78 is 5.24. The van der Waals surface area contributed by atoms with Gasteiger partial charge in [-0.15, -0.1) is 0 Å². The lowest BCUT2D eigenvalue weighted by Gasteiger charge is -2.07. The van der Waals surface area contributed by atoms with Crippen molar-refractivity contribution in [3.8, 4) is 17.0 Å². The van der Waals surface area contributed by atoms with Crippen LogP contribution in [0.4, 0.5) is 0 Å². The van der Waals surface area contributed by atoms with Gasteiger partial charge in [0, 0.05) is 17.0 Å². The Kier molecular flexibility index (Phi) is 3.33. The molecule has 100 valence electrons. The van der Waals surface area contributed by atoms with Gasteiger partial charge in [0.1, 0.15) is 5.75 Å². The molecule has 1 aromatic heterocycles. The predicted molar refractivity (Wildman–Crippen MR) is 83.5 cm³/mol. The third kappa shape index (κ3) is 2.35. The number of aryl methyl sites for hydroxylation is 1. The number of rotatable bonds is 2. The fraction of sp³-hybridized carbons (Fsp3) is 0.118. The third-order valence-electron chi connectivity index (χ3n) is 3.31. The molecule has 3 heteroatoms. The zero-order chi connectivity index (χ0) is 14.1. The summed E-state index contributed by atoms with van der Waals surface area (Å²) in [5.74, 6) is 0.780. The maximum absolute atomic E-state index is 6.36. The van der Waals surface area contributed by atoms with Gasteiger partial charge in [-0.3, -0.25) is 0 Å². The van der Waals surface area contributed by atoms with Gasteiger partial charge >= 0.3 is 0 Å². The van der Waals surface area contributed by atoms with E-state index in [1.807, 2.05) is 24.3 Å². The maximum Gasteiger partial charge on any atom is 0.121 e. The van der Waals surface area contributed by atoms with E-state index in [-0.39, 0.29) is 0 Å². The van der Waals surface area contributed by atoms with Crippen LogP contribution in [0.5, 0.6) is 5.75 Å². The quantitative estimate of drug-likeness (QED) is 0.669. The molecule has 0 unspecified atom stereocenters. The molecule has 0 fully saturated rings. The predicted octanol–water partition coefficient (Wildman–Crippen LogP) is 4.87. The lowest BCUT2D eigenvalue weighted by atomic mass is 10.1. The number of ether oxygens (including phenoxy) is 1. The van der Waals surface area contributed by atoms with Gasteiger partial charge in [-0.2, -0.15) is 0 Å². The van der Waals surface area contributed by atoms with Crippen LogP contribution in [0.3, 0.4) is 0 Å². The Morgan fingerprint density at radius 2 is 1.75 bits per heavy atom. The second kappa shape index (κ2) is 5.14. The second-order valence-electron chi connectivity index (χ2n) is 4.74. The zero-order valence-electron chi connectivity index (χ0n) is 11.4. The van der Waals surface area contributed by atoms with Crippen LogP contribution in [0, 0.1) is 6.92 Å². The summed E-state index contributed by atoms with van der Waals surface area (Å²) in [6.45, 7) is 2.06. The summed E-state index contributed by atoms with van der Waals surface area (Å²) in [7, 11) is 1.65. The molecule has 1 heterocycles. The molecule has 0 atom stereocenters. The van der Waals surface area contributed by atoms with Crippen LogP contribution < -0.4 is 4.74 Å². The molecular weight excluding hydrogens is 270 g/mol. The van der Waals surface area contributed by atoms with E-state index in [9.17, 15) is 0 Å². The van der Waals surface area contributed by atoms with Crippen molar-refractivity contribution in [1.82, 2.24) is 4.98 Å². The zero-order valence-corrected chi connectivity index (χ0v) is 12.1. The minimum atomic E-state index is 0.702. The molecule has 2 nitrogen and oxygen atoms in total. The van der Waals surface area contributed by atoms with Crippen LogP contribution in [-0.2, 0) is 0 Å². The minimum absolute atomic E-state index is 0.702. The number of aromatic nitrogens is 1. The number of benzene rings is 2. The number of fused-ring (bicyclic) bond motifs is 1. The third-order valence-corrected chi connectivity index (χ3v) is 3.63. The molecule has 20 heavy (non-hydrogen) atoms. The van der Waals surface area contributed by atoms with Gasteiger partial charge in [0.25, 0.3) is 0 Å². The Balaban J connectivity index is 2.19. The number of halogens is 1. The van der Waals surface area contributed by atoms with E-state index >= 15 is 0 Å². The molecule has 0 radical (unpaired) electrons. The van der Waals surface area contributed by atoms with Gasteiger partial charge in [-0.05, 0) is 25.1 Å². The Morgan fingerprint density at radius 1 is 1.00 bits per heavy atom. The molecule has 0 saturated heterocycles. The summed E-state index contributed by atoms with van der Waals surface area (Å²) in [5.41, 5.74) is 3.99. The van der Waals surface area contributed by atoms with Crippen molar-refractivity contribution < 1.29 is 4.74 Å². The summed E-state index contributed by atoms with van der Waals surface area (Å²) in [5, 5.41) is 1.64. The first-order valence-corrected chi connectivity index (χ1v) is 6.76. The Labute approximate surface area is 123 Å². The summed E-state index contributed by atoms with van der Waals surface area (Å²) in [6, 6.07) is 15.9. The van der Waals surface area contributed by atoms with Crippen LogP contribution in [-0.4, -0.2) is 12.1 Å². The number of nitrogens with zero attached hydrogens (tertiary/aromatic N) is 1.